The number of nitrogens with zero attached hydrogens (tertiary/aromatic N) is 2. The number of sulfonamides is 1. The Kier molecular flexibility index (Phi) is 4.93. The first-order chi connectivity index (χ1) is 9.86. The molecule has 0 saturated carbocycles. The van der Waals surface area contributed by atoms with Gasteiger partial charge in [0.2, 0.25) is 15.9 Å². The van der Waals surface area contributed by atoms with Gasteiger partial charge in [-0.15, -0.1) is 10.2 Å². The van der Waals surface area contributed by atoms with E-state index < -0.39 is 15.3 Å². The van der Waals surface area contributed by atoms with E-state index in [4.69, 9.17) is 5.14 Å². The van der Waals surface area contributed by atoms with Crippen LogP contribution in [0.4, 0.5) is 5.69 Å². The van der Waals surface area contributed by atoms with E-state index in [-0.39, 0.29) is 10.8 Å². The smallest absolute Gasteiger partial charge is 0.238 e. The molecule has 0 aliphatic heterocycles. The van der Waals surface area contributed by atoms with Crippen LogP contribution in [-0.4, -0.2) is 29.8 Å². The van der Waals surface area contributed by atoms with E-state index in [1.165, 1.54) is 41.3 Å². The van der Waals surface area contributed by atoms with Crippen LogP contribution in [0.15, 0.2) is 39.0 Å². The number of nitrogens with two attached hydrogens (primary N) is 1. The van der Waals surface area contributed by atoms with Crippen molar-refractivity contribution in [2.45, 2.75) is 21.4 Å². The third-order valence-electron chi connectivity index (χ3n) is 2.42. The number of carbonyl (C=O) groups excluding carboxylic acids is 1. The number of thioether (sulfide) groups is 1. The first kappa shape index (κ1) is 15.9. The van der Waals surface area contributed by atoms with E-state index in [1.807, 2.05) is 0 Å². The molecule has 21 heavy (non-hydrogen) atoms. The second-order valence-corrected chi connectivity index (χ2v) is 8.01. The van der Waals surface area contributed by atoms with E-state index in [9.17, 15) is 13.2 Å². The van der Waals surface area contributed by atoms with E-state index in [1.54, 1.807) is 18.5 Å². The molecule has 3 N–H and O–H groups in total. The maximum atomic E-state index is 12.0. The molecule has 1 heterocycles. The highest BCUT2D eigenvalue weighted by atomic mass is 32.2. The molecule has 2 rings (SSSR count). The monoisotopic (exact) mass is 344 g/mol. The minimum Gasteiger partial charge on any atom is -0.325 e. The molecule has 0 unspecified atom stereocenters. The summed E-state index contributed by atoms with van der Waals surface area (Å²) in [5.41, 5.74) is 1.96. The summed E-state index contributed by atoms with van der Waals surface area (Å²) in [5, 5.41) is 14.8. The number of aromatic nitrogens is 2. The molecule has 7 nitrogen and oxygen atoms in total. The first-order valence-corrected chi connectivity index (χ1v) is 9.03. The van der Waals surface area contributed by atoms with Gasteiger partial charge < -0.3 is 5.32 Å². The molecule has 0 aliphatic rings. The molecule has 112 valence electrons. The summed E-state index contributed by atoms with van der Waals surface area (Å²) in [5.74, 6) is -0.262. The molecule has 0 fully saturated rings. The lowest BCUT2D eigenvalue weighted by molar-refractivity contribution is -0.115. The minimum atomic E-state index is -3.80. The van der Waals surface area contributed by atoms with Crippen LogP contribution < -0.4 is 10.5 Å². The van der Waals surface area contributed by atoms with Crippen molar-refractivity contribution in [3.8, 4) is 0 Å². The molecule has 2 aromatic rings. The van der Waals surface area contributed by atoms with Gasteiger partial charge in [-0.25, -0.2) is 13.6 Å². The topological polar surface area (TPSA) is 115 Å². The second-order valence-electron chi connectivity index (χ2n) is 4.03. The van der Waals surface area contributed by atoms with Crippen molar-refractivity contribution >= 4 is 44.7 Å². The summed E-state index contributed by atoms with van der Waals surface area (Å²) >= 11 is 2.62. The number of nitrogens with one attached hydrogen (secondary N) is 1. The Morgan fingerprint density at radius 2 is 2.24 bits per heavy atom. The highest BCUT2D eigenvalue weighted by Gasteiger charge is 2.17. The zero-order valence-corrected chi connectivity index (χ0v) is 13.3. The zero-order chi connectivity index (χ0) is 15.5. The van der Waals surface area contributed by atoms with Gasteiger partial charge >= 0.3 is 0 Å². The molecular formula is C11H12N4O3S3. The molecule has 10 heteroatoms. The van der Waals surface area contributed by atoms with Gasteiger partial charge in [-0.3, -0.25) is 4.79 Å². The van der Waals surface area contributed by atoms with E-state index in [0.717, 1.165) is 0 Å². The summed E-state index contributed by atoms with van der Waals surface area (Å²) in [4.78, 5) is 12.0. The van der Waals surface area contributed by atoms with Crippen LogP contribution in [0.2, 0.25) is 0 Å². The second kappa shape index (κ2) is 6.52. The van der Waals surface area contributed by atoms with Gasteiger partial charge in [0.15, 0.2) is 4.34 Å². The van der Waals surface area contributed by atoms with Crippen LogP contribution in [0.1, 0.15) is 6.92 Å². The van der Waals surface area contributed by atoms with Gasteiger partial charge in [0.1, 0.15) is 5.51 Å². The highest BCUT2D eigenvalue weighted by Crippen LogP contribution is 2.25. The number of carbonyl (C=O) groups is 1. The molecule has 1 atom stereocenters. The van der Waals surface area contributed by atoms with Gasteiger partial charge in [0.25, 0.3) is 0 Å². The SMILES string of the molecule is C[C@H](Sc1nncs1)C(=O)Nc1cccc(S(N)(=O)=O)c1. The van der Waals surface area contributed by atoms with Crippen molar-refractivity contribution in [1.82, 2.24) is 10.2 Å². The van der Waals surface area contributed by atoms with Crippen LogP contribution in [0.5, 0.6) is 0 Å². The summed E-state index contributed by atoms with van der Waals surface area (Å²) in [6.45, 7) is 1.73. The van der Waals surface area contributed by atoms with E-state index in [0.29, 0.717) is 10.0 Å². The predicted molar refractivity (Wildman–Crippen MR) is 81.7 cm³/mol. The van der Waals surface area contributed by atoms with Gasteiger partial charge in [0, 0.05) is 5.69 Å². The summed E-state index contributed by atoms with van der Waals surface area (Å²) < 4.78 is 23.2. The average molecular weight is 344 g/mol. The van der Waals surface area contributed by atoms with Crippen LogP contribution in [0.3, 0.4) is 0 Å². The Bertz CT molecular complexity index is 731. The fourth-order valence-electron chi connectivity index (χ4n) is 1.41. The molecule has 1 amide bonds. The normalized spacial score (nSPS) is 12.9. The Hall–Kier alpha value is -1.49. The van der Waals surface area contributed by atoms with Crippen molar-refractivity contribution in [3.05, 3.63) is 29.8 Å². The highest BCUT2D eigenvalue weighted by molar-refractivity contribution is 8.02. The number of amides is 1. The van der Waals surface area contributed by atoms with Crippen molar-refractivity contribution in [2.24, 2.45) is 5.14 Å². The van der Waals surface area contributed by atoms with Gasteiger partial charge in [-0.1, -0.05) is 29.2 Å². The number of anilines is 1. The third-order valence-corrected chi connectivity index (χ3v) is 5.24. The standard InChI is InChI=1S/C11H12N4O3S3/c1-7(20-11-15-13-6-19-11)10(16)14-8-3-2-4-9(5-8)21(12,17)18/h2-7H,1H3,(H,14,16)(H2,12,17,18)/t7-/m0/s1. The Morgan fingerprint density at radius 1 is 1.48 bits per heavy atom. The van der Waals surface area contributed by atoms with Crippen LogP contribution in [0, 0.1) is 0 Å². The van der Waals surface area contributed by atoms with Gasteiger partial charge in [-0.05, 0) is 25.1 Å². The van der Waals surface area contributed by atoms with Gasteiger partial charge in [-0.2, -0.15) is 0 Å². The van der Waals surface area contributed by atoms with Crippen molar-refractivity contribution in [3.63, 3.8) is 0 Å². The molecule has 0 radical (unpaired) electrons. The fraction of sp³-hybridized carbons (Fsp3) is 0.182. The maximum Gasteiger partial charge on any atom is 0.238 e. The molecule has 1 aromatic carbocycles. The molecule has 0 bridgehead atoms. The van der Waals surface area contributed by atoms with Crippen molar-refractivity contribution in [1.29, 1.82) is 0 Å². The lowest BCUT2D eigenvalue weighted by atomic mass is 10.3. The summed E-state index contributed by atoms with van der Waals surface area (Å²) in [7, 11) is -3.80. The van der Waals surface area contributed by atoms with Gasteiger partial charge in [0.05, 0.1) is 10.1 Å². The number of benzene rings is 1. The maximum absolute atomic E-state index is 12.0. The Morgan fingerprint density at radius 3 is 2.86 bits per heavy atom. The largest absolute Gasteiger partial charge is 0.325 e. The fourth-order valence-corrected chi connectivity index (χ4v) is 3.60. The quantitative estimate of drug-likeness (QED) is 0.790. The molecular weight excluding hydrogens is 332 g/mol. The third kappa shape index (κ3) is 4.49. The predicted octanol–water partition coefficient (Wildman–Crippen LogP) is 1.30. The molecule has 1 aromatic heterocycles. The molecule has 0 aliphatic carbocycles. The number of hydrogen-bond donors (Lipinski definition) is 2. The summed E-state index contributed by atoms with van der Waals surface area (Å²) in [6.07, 6.45) is 0. The lowest BCUT2D eigenvalue weighted by Crippen LogP contribution is -2.22. The first-order valence-electron chi connectivity index (χ1n) is 5.73. The molecule has 0 spiro atoms. The number of primary sulfonamides is 1. The lowest BCUT2D eigenvalue weighted by Gasteiger charge is -2.10. The summed E-state index contributed by atoms with van der Waals surface area (Å²) in [6, 6.07) is 5.78. The zero-order valence-electron chi connectivity index (χ0n) is 10.9. The van der Waals surface area contributed by atoms with Crippen LogP contribution >= 0.6 is 23.1 Å². The van der Waals surface area contributed by atoms with Crippen LogP contribution in [0.25, 0.3) is 0 Å². The average Bonchev–Trinajstić information content (AvgIpc) is 2.91. The van der Waals surface area contributed by atoms with Crippen molar-refractivity contribution < 1.29 is 13.2 Å². The van der Waals surface area contributed by atoms with Crippen molar-refractivity contribution in [2.75, 3.05) is 5.32 Å². The Balaban J connectivity index is 2.05. The Labute approximate surface area is 130 Å². The van der Waals surface area contributed by atoms with E-state index in [2.05, 4.69) is 15.5 Å². The number of hydrogen-bond acceptors (Lipinski definition) is 7. The van der Waals surface area contributed by atoms with E-state index >= 15 is 0 Å². The van der Waals surface area contributed by atoms with Crippen LogP contribution in [-0.2, 0) is 14.8 Å². The minimum absolute atomic E-state index is 0.0512. The number of rotatable bonds is 5. The molecule has 0 saturated heterocycles.